The first-order valence-corrected chi connectivity index (χ1v) is 7.99. The van der Waals surface area contributed by atoms with E-state index in [4.69, 9.17) is 4.74 Å². The molecule has 0 radical (unpaired) electrons. The van der Waals surface area contributed by atoms with Crippen molar-refractivity contribution in [3.63, 3.8) is 0 Å². The summed E-state index contributed by atoms with van der Waals surface area (Å²) in [4.78, 5) is 0. The van der Waals surface area contributed by atoms with Crippen LogP contribution in [0.1, 0.15) is 44.1 Å². The van der Waals surface area contributed by atoms with Crippen molar-refractivity contribution in [3.05, 3.63) is 35.4 Å². The zero-order chi connectivity index (χ0) is 14.7. The third-order valence-electron chi connectivity index (χ3n) is 4.74. The molecule has 0 amide bonds. The standard InChI is InChI=1S/C17H23F2NO/c18-14-9-13(10-15(19)11-14)4-8-20-12-16-3-7-17(21-16)5-1-2-6-17/h9-11,16,20H,1-8,12H2. The van der Waals surface area contributed by atoms with Gasteiger partial charge in [0.1, 0.15) is 11.6 Å². The van der Waals surface area contributed by atoms with E-state index in [2.05, 4.69) is 5.32 Å². The van der Waals surface area contributed by atoms with Crippen LogP contribution in [0.3, 0.4) is 0 Å². The molecule has 1 aromatic rings. The van der Waals surface area contributed by atoms with Crippen molar-refractivity contribution in [2.45, 2.75) is 56.7 Å². The van der Waals surface area contributed by atoms with Crippen molar-refractivity contribution >= 4 is 0 Å². The fourth-order valence-electron chi connectivity index (χ4n) is 3.68. The smallest absolute Gasteiger partial charge is 0.126 e. The van der Waals surface area contributed by atoms with Gasteiger partial charge in [-0.2, -0.15) is 0 Å². The lowest BCUT2D eigenvalue weighted by atomic mass is 9.98. The van der Waals surface area contributed by atoms with Crippen LogP contribution in [0.25, 0.3) is 0 Å². The van der Waals surface area contributed by atoms with Crippen molar-refractivity contribution < 1.29 is 13.5 Å². The molecular weight excluding hydrogens is 272 g/mol. The Labute approximate surface area is 124 Å². The molecule has 1 unspecified atom stereocenters. The molecule has 1 atom stereocenters. The average Bonchev–Trinajstić information content (AvgIpc) is 3.05. The summed E-state index contributed by atoms with van der Waals surface area (Å²) in [5.74, 6) is -1.01. The molecule has 2 fully saturated rings. The van der Waals surface area contributed by atoms with Crippen LogP contribution >= 0.6 is 0 Å². The van der Waals surface area contributed by atoms with Gasteiger partial charge in [0.05, 0.1) is 11.7 Å². The lowest BCUT2D eigenvalue weighted by molar-refractivity contribution is -0.0349. The Morgan fingerprint density at radius 1 is 1.10 bits per heavy atom. The van der Waals surface area contributed by atoms with Crippen LogP contribution in [0.15, 0.2) is 18.2 Å². The molecule has 1 saturated heterocycles. The van der Waals surface area contributed by atoms with E-state index in [1.165, 1.54) is 44.2 Å². The molecule has 1 saturated carbocycles. The first kappa shape index (κ1) is 14.9. The molecule has 1 aromatic carbocycles. The van der Waals surface area contributed by atoms with Crippen LogP contribution in [0.5, 0.6) is 0 Å². The van der Waals surface area contributed by atoms with Gasteiger partial charge in [-0.05, 0) is 56.3 Å². The summed E-state index contributed by atoms with van der Waals surface area (Å²) in [6.45, 7) is 1.55. The monoisotopic (exact) mass is 295 g/mol. The van der Waals surface area contributed by atoms with Gasteiger partial charge in [-0.1, -0.05) is 12.8 Å². The Morgan fingerprint density at radius 3 is 2.52 bits per heavy atom. The van der Waals surface area contributed by atoms with Gasteiger partial charge in [-0.25, -0.2) is 8.78 Å². The van der Waals surface area contributed by atoms with Gasteiger partial charge in [0.25, 0.3) is 0 Å². The Balaban J connectivity index is 1.39. The first-order chi connectivity index (χ1) is 10.2. The zero-order valence-corrected chi connectivity index (χ0v) is 12.3. The van der Waals surface area contributed by atoms with Gasteiger partial charge in [0, 0.05) is 12.6 Å². The fraction of sp³-hybridized carbons (Fsp3) is 0.647. The Morgan fingerprint density at radius 2 is 1.81 bits per heavy atom. The Kier molecular flexibility index (Phi) is 4.55. The van der Waals surface area contributed by atoms with E-state index in [1.807, 2.05) is 0 Å². The van der Waals surface area contributed by atoms with E-state index in [-0.39, 0.29) is 5.60 Å². The van der Waals surface area contributed by atoms with E-state index < -0.39 is 11.6 Å². The van der Waals surface area contributed by atoms with E-state index in [0.29, 0.717) is 18.1 Å². The van der Waals surface area contributed by atoms with Crippen LogP contribution in [-0.4, -0.2) is 24.8 Å². The highest BCUT2D eigenvalue weighted by Gasteiger charge is 2.41. The van der Waals surface area contributed by atoms with E-state index in [1.54, 1.807) is 0 Å². The van der Waals surface area contributed by atoms with Gasteiger partial charge in [-0.3, -0.25) is 0 Å². The summed E-state index contributed by atoms with van der Waals surface area (Å²) in [5, 5.41) is 3.35. The van der Waals surface area contributed by atoms with Gasteiger partial charge >= 0.3 is 0 Å². The Bertz CT molecular complexity index is 465. The van der Waals surface area contributed by atoms with Crippen molar-refractivity contribution in [1.29, 1.82) is 0 Å². The van der Waals surface area contributed by atoms with Gasteiger partial charge in [0.15, 0.2) is 0 Å². The average molecular weight is 295 g/mol. The fourth-order valence-corrected chi connectivity index (χ4v) is 3.68. The maximum Gasteiger partial charge on any atom is 0.126 e. The summed E-state index contributed by atoms with van der Waals surface area (Å²) in [5.41, 5.74) is 0.873. The molecule has 1 spiro atoms. The van der Waals surface area contributed by atoms with Gasteiger partial charge < -0.3 is 10.1 Å². The van der Waals surface area contributed by atoms with Crippen LogP contribution < -0.4 is 5.32 Å². The Hall–Kier alpha value is -1.00. The van der Waals surface area contributed by atoms with Crippen molar-refractivity contribution in [2.24, 2.45) is 0 Å². The number of hydrogen-bond donors (Lipinski definition) is 1. The predicted molar refractivity (Wildman–Crippen MR) is 78.2 cm³/mol. The molecule has 2 aliphatic rings. The van der Waals surface area contributed by atoms with Crippen LogP contribution in [0.2, 0.25) is 0 Å². The van der Waals surface area contributed by atoms with E-state index >= 15 is 0 Å². The summed E-state index contributed by atoms with van der Waals surface area (Å²) in [6.07, 6.45) is 8.27. The van der Waals surface area contributed by atoms with Gasteiger partial charge in [-0.15, -0.1) is 0 Å². The highest BCUT2D eigenvalue weighted by atomic mass is 19.1. The summed E-state index contributed by atoms with van der Waals surface area (Å²) >= 11 is 0. The van der Waals surface area contributed by atoms with Crippen LogP contribution in [0, 0.1) is 11.6 Å². The number of halogens is 2. The minimum atomic E-state index is -0.507. The number of rotatable bonds is 5. The molecule has 4 heteroatoms. The number of nitrogens with one attached hydrogen (secondary N) is 1. The summed E-state index contributed by atoms with van der Waals surface area (Å²) in [7, 11) is 0. The lowest BCUT2D eigenvalue weighted by Crippen LogP contribution is -2.31. The maximum absolute atomic E-state index is 13.1. The molecule has 21 heavy (non-hydrogen) atoms. The molecule has 0 aromatic heterocycles. The third-order valence-corrected chi connectivity index (χ3v) is 4.74. The highest BCUT2D eigenvalue weighted by molar-refractivity contribution is 5.18. The molecule has 116 valence electrons. The molecular formula is C17H23F2NO. The van der Waals surface area contributed by atoms with Gasteiger partial charge in [0.2, 0.25) is 0 Å². The number of benzene rings is 1. The molecule has 1 aliphatic carbocycles. The zero-order valence-electron chi connectivity index (χ0n) is 12.3. The molecule has 1 N–H and O–H groups in total. The van der Waals surface area contributed by atoms with Crippen molar-refractivity contribution in [3.8, 4) is 0 Å². The first-order valence-electron chi connectivity index (χ1n) is 7.99. The molecule has 1 aliphatic heterocycles. The summed E-state index contributed by atoms with van der Waals surface area (Å²) in [6, 6.07) is 3.69. The molecule has 0 bridgehead atoms. The largest absolute Gasteiger partial charge is 0.370 e. The topological polar surface area (TPSA) is 21.3 Å². The van der Waals surface area contributed by atoms with Crippen molar-refractivity contribution in [2.75, 3.05) is 13.1 Å². The number of hydrogen-bond acceptors (Lipinski definition) is 2. The van der Waals surface area contributed by atoms with E-state index in [0.717, 1.165) is 25.6 Å². The second-order valence-electron chi connectivity index (χ2n) is 6.40. The number of ether oxygens (including phenoxy) is 1. The van der Waals surface area contributed by atoms with Crippen LogP contribution in [0.4, 0.5) is 8.78 Å². The lowest BCUT2D eigenvalue weighted by Gasteiger charge is -2.23. The SMILES string of the molecule is Fc1cc(F)cc(CCNCC2CCC3(CCCC3)O2)c1. The maximum atomic E-state index is 13.1. The van der Waals surface area contributed by atoms with Crippen LogP contribution in [-0.2, 0) is 11.2 Å². The predicted octanol–water partition coefficient (Wildman–Crippen LogP) is 3.59. The van der Waals surface area contributed by atoms with E-state index in [9.17, 15) is 8.78 Å². The molecule has 2 nitrogen and oxygen atoms in total. The highest BCUT2D eigenvalue weighted by Crippen LogP contribution is 2.43. The third kappa shape index (κ3) is 3.80. The van der Waals surface area contributed by atoms with Crippen molar-refractivity contribution in [1.82, 2.24) is 5.32 Å². The quantitative estimate of drug-likeness (QED) is 0.838. The minimum absolute atomic E-state index is 0.179. The molecule has 1 heterocycles. The second kappa shape index (κ2) is 6.41. The normalized spacial score (nSPS) is 24.0. The second-order valence-corrected chi connectivity index (χ2v) is 6.40. The minimum Gasteiger partial charge on any atom is -0.370 e. The summed E-state index contributed by atoms with van der Waals surface area (Å²) < 4.78 is 32.4. The molecule has 3 rings (SSSR count).